The Labute approximate surface area is 61.4 Å². The zero-order valence-electron chi connectivity index (χ0n) is 6.12. The van der Waals surface area contributed by atoms with Crippen molar-refractivity contribution < 1.29 is 22.0 Å². The highest BCUT2D eigenvalue weighted by Crippen LogP contribution is 2.36. The van der Waals surface area contributed by atoms with E-state index in [-0.39, 0.29) is 0 Å². The van der Waals surface area contributed by atoms with E-state index in [1.807, 2.05) is 0 Å². The maximum absolute atomic E-state index is 11.7. The minimum Gasteiger partial charge on any atom is -0.210 e. The highest BCUT2D eigenvalue weighted by atomic mass is 19.4. The normalized spacial score (nSPS) is 16.1. The van der Waals surface area contributed by atoms with E-state index in [0.717, 1.165) is 13.8 Å². The average molecular weight is 176 g/mol. The summed E-state index contributed by atoms with van der Waals surface area (Å²) in [6.45, 7) is 2.26. The van der Waals surface area contributed by atoms with Crippen LogP contribution >= 0.6 is 0 Å². The van der Waals surface area contributed by atoms with Crippen LogP contribution in [0.15, 0.2) is 0 Å². The van der Waals surface area contributed by atoms with Crippen molar-refractivity contribution in [3.05, 3.63) is 0 Å². The van der Waals surface area contributed by atoms with Gasteiger partial charge in [-0.1, -0.05) is 13.8 Å². The molecule has 0 aromatic rings. The van der Waals surface area contributed by atoms with Gasteiger partial charge < -0.3 is 0 Å². The third-order valence-electron chi connectivity index (χ3n) is 1.37. The van der Waals surface area contributed by atoms with Crippen molar-refractivity contribution >= 4 is 0 Å². The topological polar surface area (TPSA) is 0 Å². The summed E-state index contributed by atoms with van der Waals surface area (Å²) in [5, 5.41) is 0. The Bertz CT molecular complexity index is 107. The molecule has 0 amide bonds. The molecule has 0 fully saturated rings. The number of rotatable bonds is 2. The molecule has 0 bridgehead atoms. The monoisotopic (exact) mass is 176 g/mol. The van der Waals surface area contributed by atoms with Crippen molar-refractivity contribution in [1.82, 2.24) is 0 Å². The van der Waals surface area contributed by atoms with Crippen LogP contribution < -0.4 is 0 Å². The van der Waals surface area contributed by atoms with Crippen LogP contribution in [0.2, 0.25) is 0 Å². The van der Waals surface area contributed by atoms with Crippen molar-refractivity contribution in [1.29, 1.82) is 0 Å². The predicted octanol–water partition coefficient (Wildman–Crippen LogP) is 3.09. The molecule has 0 radical (unpaired) electrons. The average Bonchev–Trinajstić information content (AvgIpc) is 1.54. The Morgan fingerprint density at radius 1 is 1.00 bits per heavy atom. The van der Waals surface area contributed by atoms with E-state index in [2.05, 4.69) is 0 Å². The molecule has 0 spiro atoms. The van der Waals surface area contributed by atoms with Gasteiger partial charge in [-0.3, -0.25) is 0 Å². The van der Waals surface area contributed by atoms with Gasteiger partial charge in [0.2, 0.25) is 6.43 Å². The van der Waals surface area contributed by atoms with Gasteiger partial charge in [-0.2, -0.15) is 13.2 Å². The molecule has 5 heteroatoms. The molecule has 68 valence electrons. The summed E-state index contributed by atoms with van der Waals surface area (Å²) in [7, 11) is 0. The van der Waals surface area contributed by atoms with E-state index in [1.54, 1.807) is 0 Å². The number of halogens is 5. The molecule has 0 aliphatic carbocycles. The summed E-state index contributed by atoms with van der Waals surface area (Å²) in [6.07, 6.45) is -8.11. The molecule has 11 heavy (non-hydrogen) atoms. The summed E-state index contributed by atoms with van der Waals surface area (Å²) in [5.41, 5.74) is 0. The third-order valence-corrected chi connectivity index (χ3v) is 1.37. The Hall–Kier alpha value is -0.350. The van der Waals surface area contributed by atoms with Gasteiger partial charge in [-0.15, -0.1) is 0 Å². The first-order valence-corrected chi connectivity index (χ1v) is 3.11. The molecule has 0 N–H and O–H groups in total. The fourth-order valence-corrected chi connectivity index (χ4v) is 0.812. The van der Waals surface area contributed by atoms with Crippen molar-refractivity contribution in [3.8, 4) is 0 Å². The maximum atomic E-state index is 11.7. The van der Waals surface area contributed by atoms with Gasteiger partial charge in [-0.25, -0.2) is 8.78 Å². The Morgan fingerprint density at radius 2 is 1.36 bits per heavy atom. The highest BCUT2D eigenvalue weighted by Gasteiger charge is 2.47. The Kier molecular flexibility index (Phi) is 3.26. The number of hydrogen-bond acceptors (Lipinski definition) is 0. The molecule has 0 rings (SSSR count). The van der Waals surface area contributed by atoms with E-state index < -0.39 is 24.4 Å². The molecule has 0 saturated heterocycles. The lowest BCUT2D eigenvalue weighted by Gasteiger charge is -2.22. The summed E-state index contributed by atoms with van der Waals surface area (Å²) >= 11 is 0. The smallest absolute Gasteiger partial charge is 0.210 e. The third kappa shape index (κ3) is 3.03. The lowest BCUT2D eigenvalue weighted by atomic mass is 9.96. The van der Waals surface area contributed by atoms with E-state index in [1.165, 1.54) is 0 Å². The number of hydrogen-bond donors (Lipinski definition) is 0. The molecular weight excluding hydrogens is 167 g/mol. The van der Waals surface area contributed by atoms with Gasteiger partial charge in [0.25, 0.3) is 0 Å². The van der Waals surface area contributed by atoms with E-state index >= 15 is 0 Å². The Balaban J connectivity index is 4.35. The molecule has 1 unspecified atom stereocenters. The van der Waals surface area contributed by atoms with Gasteiger partial charge in [0.15, 0.2) is 0 Å². The predicted molar refractivity (Wildman–Crippen MR) is 30.4 cm³/mol. The molecule has 0 aliphatic rings. The Morgan fingerprint density at radius 3 is 1.36 bits per heavy atom. The first-order chi connectivity index (χ1) is 4.76. The molecule has 0 aromatic heterocycles. The van der Waals surface area contributed by atoms with E-state index in [4.69, 9.17) is 0 Å². The quantitative estimate of drug-likeness (QED) is 0.567. The highest BCUT2D eigenvalue weighted by molar-refractivity contribution is 4.72. The van der Waals surface area contributed by atoms with Crippen molar-refractivity contribution in [2.75, 3.05) is 0 Å². The molecule has 0 aliphatic heterocycles. The number of alkyl halides is 5. The van der Waals surface area contributed by atoms with Crippen LogP contribution in [0.1, 0.15) is 13.8 Å². The summed E-state index contributed by atoms with van der Waals surface area (Å²) in [4.78, 5) is 0. The first kappa shape index (κ1) is 10.7. The molecule has 1 atom stereocenters. The molecular formula is C6H9F5. The zero-order chi connectivity index (χ0) is 9.23. The van der Waals surface area contributed by atoms with Gasteiger partial charge in [0.1, 0.15) is 5.92 Å². The van der Waals surface area contributed by atoms with Gasteiger partial charge in [-0.05, 0) is 5.92 Å². The minimum atomic E-state index is -4.79. The maximum Gasteiger partial charge on any atom is 0.397 e. The molecule has 0 nitrogen and oxygen atoms in total. The fraction of sp³-hybridized carbons (Fsp3) is 1.00. The second-order valence-corrected chi connectivity index (χ2v) is 2.65. The largest absolute Gasteiger partial charge is 0.397 e. The van der Waals surface area contributed by atoms with Gasteiger partial charge in [0, 0.05) is 0 Å². The van der Waals surface area contributed by atoms with Crippen LogP contribution in [-0.4, -0.2) is 12.6 Å². The standard InChI is InChI=1S/C6H9F5/c1-3(2)4(5(7)8)6(9,10)11/h3-5H,1-2H3. The second kappa shape index (κ2) is 3.36. The van der Waals surface area contributed by atoms with Gasteiger partial charge >= 0.3 is 6.18 Å². The van der Waals surface area contributed by atoms with Crippen LogP contribution in [0.25, 0.3) is 0 Å². The van der Waals surface area contributed by atoms with Crippen molar-refractivity contribution in [3.63, 3.8) is 0 Å². The van der Waals surface area contributed by atoms with Gasteiger partial charge in [0.05, 0.1) is 0 Å². The summed E-state index contributed by atoms with van der Waals surface area (Å²) < 4.78 is 58.7. The van der Waals surface area contributed by atoms with Crippen LogP contribution in [0.5, 0.6) is 0 Å². The second-order valence-electron chi connectivity index (χ2n) is 2.65. The lowest BCUT2D eigenvalue weighted by Crippen LogP contribution is -2.33. The minimum absolute atomic E-state index is 1.07. The van der Waals surface area contributed by atoms with Crippen LogP contribution in [0.4, 0.5) is 22.0 Å². The summed E-state index contributed by atoms with van der Waals surface area (Å²) in [5.74, 6) is -3.57. The lowest BCUT2D eigenvalue weighted by molar-refractivity contribution is -0.218. The zero-order valence-corrected chi connectivity index (χ0v) is 6.12. The van der Waals surface area contributed by atoms with Crippen LogP contribution in [-0.2, 0) is 0 Å². The van der Waals surface area contributed by atoms with E-state index in [9.17, 15) is 22.0 Å². The molecule has 0 saturated carbocycles. The van der Waals surface area contributed by atoms with Crippen LogP contribution in [0.3, 0.4) is 0 Å². The molecule has 0 heterocycles. The van der Waals surface area contributed by atoms with Crippen LogP contribution in [0, 0.1) is 11.8 Å². The summed E-state index contributed by atoms with van der Waals surface area (Å²) in [6, 6.07) is 0. The fourth-order valence-electron chi connectivity index (χ4n) is 0.812. The van der Waals surface area contributed by atoms with E-state index in [0.29, 0.717) is 0 Å². The molecule has 0 aromatic carbocycles. The van der Waals surface area contributed by atoms with Crippen molar-refractivity contribution in [2.24, 2.45) is 11.8 Å². The SMILES string of the molecule is CC(C)C(C(F)F)C(F)(F)F. The first-order valence-electron chi connectivity index (χ1n) is 3.11. The van der Waals surface area contributed by atoms with Crippen molar-refractivity contribution in [2.45, 2.75) is 26.4 Å².